The number of fused-ring (bicyclic) bond motifs is 1. The van der Waals surface area contributed by atoms with Crippen LogP contribution in [-0.2, 0) is 0 Å². The predicted molar refractivity (Wildman–Crippen MR) is 124 cm³/mol. The van der Waals surface area contributed by atoms with Gasteiger partial charge in [0.15, 0.2) is 0 Å². The summed E-state index contributed by atoms with van der Waals surface area (Å²) in [5.41, 5.74) is 4.41. The quantitative estimate of drug-likeness (QED) is 0.440. The van der Waals surface area contributed by atoms with Gasteiger partial charge in [0.05, 0.1) is 26.0 Å². The van der Waals surface area contributed by atoms with Crippen molar-refractivity contribution in [3.8, 4) is 22.8 Å². The molecule has 32 heavy (non-hydrogen) atoms. The zero-order valence-electron chi connectivity index (χ0n) is 17.5. The summed E-state index contributed by atoms with van der Waals surface area (Å²) in [5, 5.41) is 8.08. The van der Waals surface area contributed by atoms with Crippen LogP contribution in [-0.4, -0.2) is 30.3 Å². The van der Waals surface area contributed by atoms with Gasteiger partial charge in [-0.05, 0) is 42.5 Å². The first kappa shape index (κ1) is 20.2. The molecule has 1 aliphatic rings. The molecule has 7 heteroatoms. The highest BCUT2D eigenvalue weighted by Crippen LogP contribution is 2.48. The maximum atomic E-state index is 13.6. The van der Waals surface area contributed by atoms with Gasteiger partial charge >= 0.3 is 0 Å². The summed E-state index contributed by atoms with van der Waals surface area (Å²) in [4.78, 5) is 15.4. The highest BCUT2D eigenvalue weighted by Gasteiger charge is 2.44. The fraction of sp³-hybridized carbons (Fsp3) is 0.120. The third-order valence-corrected chi connectivity index (χ3v) is 5.90. The molecule has 0 spiro atoms. The standard InChI is InChI=1S/C25H20ClN3O3/c1-31-18-12-13-20(32-2)19(14-18)24-21-22(15-6-4-3-5-7-15)27-28-23(21)25(30)29(24)17-10-8-16(26)9-11-17/h3-14,24H,1-2H3,(H,27,28)/t24-/m0/s1. The van der Waals surface area contributed by atoms with E-state index in [2.05, 4.69) is 10.2 Å². The van der Waals surface area contributed by atoms with E-state index in [-0.39, 0.29) is 5.91 Å². The molecule has 1 aromatic heterocycles. The van der Waals surface area contributed by atoms with Crippen LogP contribution in [0.2, 0.25) is 5.02 Å². The van der Waals surface area contributed by atoms with Gasteiger partial charge in [-0.15, -0.1) is 0 Å². The van der Waals surface area contributed by atoms with Crippen LogP contribution in [0.4, 0.5) is 5.69 Å². The number of benzene rings is 3. The first-order chi connectivity index (χ1) is 15.6. The van der Waals surface area contributed by atoms with Crippen molar-refractivity contribution in [2.45, 2.75) is 6.04 Å². The van der Waals surface area contributed by atoms with Crippen molar-refractivity contribution in [1.82, 2.24) is 10.2 Å². The van der Waals surface area contributed by atoms with E-state index >= 15 is 0 Å². The van der Waals surface area contributed by atoms with Crippen LogP contribution in [0.5, 0.6) is 11.5 Å². The summed E-state index contributed by atoms with van der Waals surface area (Å²) < 4.78 is 11.2. The molecule has 0 saturated heterocycles. The first-order valence-electron chi connectivity index (χ1n) is 10.1. The number of rotatable bonds is 5. The molecule has 0 bridgehead atoms. The molecule has 0 fully saturated rings. The van der Waals surface area contributed by atoms with E-state index in [0.717, 1.165) is 28.1 Å². The van der Waals surface area contributed by atoms with Crippen LogP contribution in [0.25, 0.3) is 11.3 Å². The van der Waals surface area contributed by atoms with E-state index < -0.39 is 6.04 Å². The number of methoxy groups -OCH3 is 2. The first-order valence-corrected chi connectivity index (χ1v) is 10.4. The Morgan fingerprint density at radius 1 is 0.969 bits per heavy atom. The minimum Gasteiger partial charge on any atom is -0.497 e. The number of carbonyl (C=O) groups is 1. The average molecular weight is 446 g/mol. The minimum absolute atomic E-state index is 0.174. The van der Waals surface area contributed by atoms with Crippen LogP contribution in [0.1, 0.15) is 27.7 Å². The monoisotopic (exact) mass is 445 g/mol. The Balaban J connectivity index is 1.77. The number of aromatic nitrogens is 2. The number of hydrogen-bond acceptors (Lipinski definition) is 4. The van der Waals surface area contributed by atoms with Gasteiger partial charge in [-0.1, -0.05) is 41.9 Å². The van der Waals surface area contributed by atoms with E-state index in [0.29, 0.717) is 22.2 Å². The maximum Gasteiger partial charge on any atom is 0.277 e. The van der Waals surface area contributed by atoms with Crippen molar-refractivity contribution in [3.05, 3.63) is 94.6 Å². The van der Waals surface area contributed by atoms with Crippen LogP contribution in [0.15, 0.2) is 72.8 Å². The summed E-state index contributed by atoms with van der Waals surface area (Å²) >= 11 is 6.11. The highest BCUT2D eigenvalue weighted by molar-refractivity contribution is 6.30. The molecule has 0 unspecified atom stereocenters. The van der Waals surface area contributed by atoms with Crippen molar-refractivity contribution in [2.24, 2.45) is 0 Å². The summed E-state index contributed by atoms with van der Waals surface area (Å²) in [7, 11) is 3.23. The number of carbonyl (C=O) groups excluding carboxylic acids is 1. The number of nitrogens with zero attached hydrogens (tertiary/aromatic N) is 2. The predicted octanol–water partition coefficient (Wildman–Crippen LogP) is 5.50. The second kappa shape index (κ2) is 8.05. The fourth-order valence-corrected chi connectivity index (χ4v) is 4.30. The van der Waals surface area contributed by atoms with Crippen LogP contribution in [0.3, 0.4) is 0 Å². The molecule has 3 aromatic carbocycles. The van der Waals surface area contributed by atoms with Crippen molar-refractivity contribution >= 4 is 23.2 Å². The second-order valence-electron chi connectivity index (χ2n) is 7.39. The molecule has 1 atom stereocenters. The van der Waals surface area contributed by atoms with Gasteiger partial charge in [-0.25, -0.2) is 0 Å². The summed E-state index contributed by atoms with van der Waals surface area (Å²) in [5.74, 6) is 1.14. The van der Waals surface area contributed by atoms with Gasteiger partial charge in [0.2, 0.25) is 0 Å². The summed E-state index contributed by atoms with van der Waals surface area (Å²) in [6.07, 6.45) is 0. The topological polar surface area (TPSA) is 67.5 Å². The molecule has 4 aromatic rings. The molecule has 160 valence electrons. The Morgan fingerprint density at radius 2 is 1.72 bits per heavy atom. The number of amides is 1. The fourth-order valence-electron chi connectivity index (χ4n) is 4.18. The Labute approximate surface area is 190 Å². The lowest BCUT2D eigenvalue weighted by Gasteiger charge is -2.28. The molecule has 6 nitrogen and oxygen atoms in total. The number of aromatic amines is 1. The molecular weight excluding hydrogens is 426 g/mol. The zero-order valence-corrected chi connectivity index (χ0v) is 18.3. The number of nitrogens with one attached hydrogen (secondary N) is 1. The van der Waals surface area contributed by atoms with Crippen LogP contribution >= 0.6 is 11.6 Å². The molecule has 0 saturated carbocycles. The van der Waals surface area contributed by atoms with Crippen molar-refractivity contribution < 1.29 is 14.3 Å². The number of anilines is 1. The van der Waals surface area contributed by atoms with Gasteiger partial charge in [-0.2, -0.15) is 5.10 Å². The molecule has 0 radical (unpaired) electrons. The number of ether oxygens (including phenoxy) is 2. The third kappa shape index (κ3) is 3.20. The lowest BCUT2D eigenvalue weighted by molar-refractivity contribution is 0.0988. The van der Waals surface area contributed by atoms with Crippen LogP contribution < -0.4 is 14.4 Å². The molecular formula is C25H20ClN3O3. The van der Waals surface area contributed by atoms with Crippen molar-refractivity contribution in [3.63, 3.8) is 0 Å². The van der Waals surface area contributed by atoms with Gasteiger partial charge in [0.25, 0.3) is 5.91 Å². The molecule has 5 rings (SSSR count). The van der Waals surface area contributed by atoms with Gasteiger partial charge < -0.3 is 9.47 Å². The van der Waals surface area contributed by atoms with E-state index in [1.165, 1.54) is 0 Å². The van der Waals surface area contributed by atoms with Gasteiger partial charge in [-0.3, -0.25) is 14.8 Å². The lowest BCUT2D eigenvalue weighted by atomic mass is 9.95. The molecule has 1 aliphatic heterocycles. The Kier molecular flexibility index (Phi) is 5.07. The van der Waals surface area contributed by atoms with Crippen LogP contribution in [0, 0.1) is 0 Å². The SMILES string of the molecule is COc1ccc(OC)c([C@H]2c3c(-c4ccccc4)n[nH]c3C(=O)N2c2ccc(Cl)cc2)c1. The third-order valence-electron chi connectivity index (χ3n) is 5.65. The minimum atomic E-state index is -0.474. The molecule has 0 aliphatic carbocycles. The number of H-pyrrole nitrogens is 1. The Bertz CT molecular complexity index is 1290. The lowest BCUT2D eigenvalue weighted by Crippen LogP contribution is -2.29. The van der Waals surface area contributed by atoms with Crippen molar-refractivity contribution in [1.29, 1.82) is 0 Å². The largest absolute Gasteiger partial charge is 0.497 e. The normalized spacial score (nSPS) is 15.0. The number of halogens is 1. The summed E-state index contributed by atoms with van der Waals surface area (Å²) in [6, 6.07) is 22.1. The van der Waals surface area contributed by atoms with Gasteiger partial charge in [0, 0.05) is 27.4 Å². The van der Waals surface area contributed by atoms with Crippen molar-refractivity contribution in [2.75, 3.05) is 19.1 Å². The Morgan fingerprint density at radius 3 is 2.41 bits per heavy atom. The molecule has 1 amide bonds. The van der Waals surface area contributed by atoms with E-state index in [1.54, 1.807) is 31.3 Å². The van der Waals surface area contributed by atoms with E-state index in [4.69, 9.17) is 21.1 Å². The summed E-state index contributed by atoms with van der Waals surface area (Å²) in [6.45, 7) is 0. The molecule has 1 N–H and O–H groups in total. The smallest absolute Gasteiger partial charge is 0.277 e. The van der Waals surface area contributed by atoms with E-state index in [1.807, 2.05) is 60.7 Å². The molecule has 2 heterocycles. The van der Waals surface area contributed by atoms with Gasteiger partial charge in [0.1, 0.15) is 17.2 Å². The highest BCUT2D eigenvalue weighted by atomic mass is 35.5. The maximum absolute atomic E-state index is 13.6. The Hall–Kier alpha value is -3.77. The number of hydrogen-bond donors (Lipinski definition) is 1. The average Bonchev–Trinajstić information content (AvgIpc) is 3.39. The zero-order chi connectivity index (χ0) is 22.2. The van der Waals surface area contributed by atoms with E-state index in [9.17, 15) is 4.79 Å². The second-order valence-corrected chi connectivity index (χ2v) is 7.83.